The van der Waals surface area contributed by atoms with Gasteiger partial charge in [-0.3, -0.25) is 4.99 Å². The number of guanidine groups is 1. The van der Waals surface area contributed by atoms with Crippen LogP contribution in [-0.4, -0.2) is 42.7 Å². The normalized spacial score (nSPS) is 20.9. The summed E-state index contributed by atoms with van der Waals surface area (Å²) >= 11 is 0. The van der Waals surface area contributed by atoms with Crippen LogP contribution in [0.15, 0.2) is 39.7 Å². The van der Waals surface area contributed by atoms with Crippen molar-refractivity contribution in [2.24, 2.45) is 10.9 Å². The molecule has 2 aromatic rings. The molecule has 1 fully saturated rings. The Labute approximate surface area is 160 Å². The zero-order valence-corrected chi connectivity index (χ0v) is 16.6. The topological polar surface area (TPSA) is 61.0 Å². The number of rotatable bonds is 4. The van der Waals surface area contributed by atoms with Crippen molar-refractivity contribution in [3.05, 3.63) is 36.1 Å². The molecule has 1 saturated carbocycles. The molecule has 0 saturated heterocycles. The molecular formula is C18H26IN3O2. The number of para-hydroxylation sites is 1. The van der Waals surface area contributed by atoms with E-state index in [9.17, 15) is 5.11 Å². The van der Waals surface area contributed by atoms with Gasteiger partial charge in [0.15, 0.2) is 5.96 Å². The number of nitrogens with zero attached hydrogens (tertiary/aromatic N) is 2. The average molecular weight is 443 g/mol. The lowest BCUT2D eigenvalue weighted by Crippen LogP contribution is -2.41. The predicted molar refractivity (Wildman–Crippen MR) is 108 cm³/mol. The summed E-state index contributed by atoms with van der Waals surface area (Å²) < 4.78 is 5.86. The second kappa shape index (κ2) is 8.71. The van der Waals surface area contributed by atoms with Crippen LogP contribution in [0.25, 0.3) is 11.0 Å². The molecule has 2 N–H and O–H groups in total. The highest BCUT2D eigenvalue weighted by Gasteiger charge is 2.25. The zero-order valence-electron chi connectivity index (χ0n) is 14.2. The van der Waals surface area contributed by atoms with Crippen molar-refractivity contribution in [2.75, 3.05) is 20.6 Å². The Morgan fingerprint density at radius 3 is 2.83 bits per heavy atom. The van der Waals surface area contributed by atoms with Gasteiger partial charge in [-0.25, -0.2) is 0 Å². The summed E-state index contributed by atoms with van der Waals surface area (Å²) in [6.45, 7) is 1.42. The third kappa shape index (κ3) is 4.42. The number of hydrogen-bond acceptors (Lipinski definition) is 3. The third-order valence-electron chi connectivity index (χ3n) is 4.58. The van der Waals surface area contributed by atoms with E-state index in [1.165, 1.54) is 0 Å². The summed E-state index contributed by atoms with van der Waals surface area (Å²) in [7, 11) is 3.77. The van der Waals surface area contributed by atoms with Crippen LogP contribution >= 0.6 is 24.0 Å². The standard InChI is InChI=1S/C18H25N3O2.HI/c1-19-18(20-11-14-7-5-8-16(14)22)21(2)12-15-10-13-6-3-4-9-17(13)23-15;/h3-4,6,9-10,14,16,22H,5,7-8,11-12H2,1-2H3,(H,19,20);1H. The monoisotopic (exact) mass is 443 g/mol. The molecule has 5 nitrogen and oxygen atoms in total. The van der Waals surface area contributed by atoms with Crippen LogP contribution in [0.1, 0.15) is 25.0 Å². The van der Waals surface area contributed by atoms with E-state index in [1.807, 2.05) is 30.1 Å². The molecule has 0 radical (unpaired) electrons. The van der Waals surface area contributed by atoms with Gasteiger partial charge >= 0.3 is 0 Å². The fourth-order valence-corrected chi connectivity index (χ4v) is 3.29. The summed E-state index contributed by atoms with van der Waals surface area (Å²) in [5.74, 6) is 2.06. The summed E-state index contributed by atoms with van der Waals surface area (Å²) in [6.07, 6.45) is 2.93. The van der Waals surface area contributed by atoms with Crippen molar-refractivity contribution >= 4 is 40.9 Å². The van der Waals surface area contributed by atoms with E-state index in [-0.39, 0.29) is 30.1 Å². The molecule has 1 aromatic heterocycles. The zero-order chi connectivity index (χ0) is 16.2. The van der Waals surface area contributed by atoms with E-state index < -0.39 is 0 Å². The first-order valence-electron chi connectivity index (χ1n) is 8.24. The Hall–Kier alpha value is -1.28. The smallest absolute Gasteiger partial charge is 0.193 e. The molecular weight excluding hydrogens is 417 g/mol. The van der Waals surface area contributed by atoms with Crippen molar-refractivity contribution in [1.29, 1.82) is 0 Å². The first kappa shape index (κ1) is 19.1. The molecule has 3 rings (SSSR count). The number of aliphatic hydroxyl groups is 1. The molecule has 24 heavy (non-hydrogen) atoms. The van der Waals surface area contributed by atoms with E-state index in [0.717, 1.165) is 48.5 Å². The minimum atomic E-state index is -0.179. The lowest BCUT2D eigenvalue weighted by molar-refractivity contribution is 0.134. The fraction of sp³-hybridized carbons (Fsp3) is 0.500. The molecule has 1 aliphatic carbocycles. The van der Waals surface area contributed by atoms with Crippen molar-refractivity contribution < 1.29 is 9.52 Å². The minimum absolute atomic E-state index is 0. The van der Waals surface area contributed by atoms with Crippen LogP contribution in [0.3, 0.4) is 0 Å². The molecule has 0 aliphatic heterocycles. The number of fused-ring (bicyclic) bond motifs is 1. The summed E-state index contributed by atoms with van der Waals surface area (Å²) in [5.41, 5.74) is 0.910. The van der Waals surface area contributed by atoms with E-state index >= 15 is 0 Å². The van der Waals surface area contributed by atoms with Gasteiger partial charge in [-0.1, -0.05) is 24.6 Å². The highest BCUT2D eigenvalue weighted by atomic mass is 127. The SMILES string of the molecule is CN=C(NCC1CCCC1O)N(C)Cc1cc2ccccc2o1.I. The molecule has 132 valence electrons. The van der Waals surface area contributed by atoms with E-state index in [2.05, 4.69) is 22.4 Å². The van der Waals surface area contributed by atoms with Crippen LogP contribution in [-0.2, 0) is 6.54 Å². The van der Waals surface area contributed by atoms with Crippen LogP contribution in [0.5, 0.6) is 0 Å². The molecule has 0 spiro atoms. The van der Waals surface area contributed by atoms with Gasteiger partial charge in [0.25, 0.3) is 0 Å². The maximum absolute atomic E-state index is 9.92. The van der Waals surface area contributed by atoms with Crippen LogP contribution in [0.2, 0.25) is 0 Å². The van der Waals surface area contributed by atoms with Gasteiger partial charge < -0.3 is 19.7 Å². The molecule has 1 heterocycles. The summed E-state index contributed by atoms with van der Waals surface area (Å²) in [4.78, 5) is 6.37. The van der Waals surface area contributed by atoms with Crippen LogP contribution in [0.4, 0.5) is 0 Å². The number of benzene rings is 1. The lowest BCUT2D eigenvalue weighted by Gasteiger charge is -2.23. The third-order valence-corrected chi connectivity index (χ3v) is 4.58. The number of nitrogens with one attached hydrogen (secondary N) is 1. The number of halogens is 1. The van der Waals surface area contributed by atoms with E-state index in [0.29, 0.717) is 12.5 Å². The predicted octanol–water partition coefficient (Wildman–Crippen LogP) is 3.22. The van der Waals surface area contributed by atoms with Crippen LogP contribution < -0.4 is 5.32 Å². The Bertz CT molecular complexity index is 653. The molecule has 2 unspecified atom stereocenters. The van der Waals surface area contributed by atoms with Gasteiger partial charge in [0.05, 0.1) is 12.6 Å². The first-order chi connectivity index (χ1) is 11.2. The van der Waals surface area contributed by atoms with Gasteiger partial charge in [-0.2, -0.15) is 0 Å². The van der Waals surface area contributed by atoms with Gasteiger partial charge in [-0.05, 0) is 25.0 Å². The van der Waals surface area contributed by atoms with Crippen molar-refractivity contribution in [1.82, 2.24) is 10.2 Å². The largest absolute Gasteiger partial charge is 0.459 e. The Morgan fingerprint density at radius 1 is 1.38 bits per heavy atom. The maximum Gasteiger partial charge on any atom is 0.193 e. The molecule has 0 bridgehead atoms. The van der Waals surface area contributed by atoms with Crippen LogP contribution in [0, 0.1) is 5.92 Å². The average Bonchev–Trinajstić information content (AvgIpc) is 3.13. The first-order valence-corrected chi connectivity index (χ1v) is 8.24. The van der Waals surface area contributed by atoms with Crippen molar-refractivity contribution in [2.45, 2.75) is 31.9 Å². The maximum atomic E-state index is 9.92. The summed E-state index contributed by atoms with van der Waals surface area (Å²) in [6, 6.07) is 10.1. The van der Waals surface area contributed by atoms with Crippen molar-refractivity contribution in [3.63, 3.8) is 0 Å². The lowest BCUT2D eigenvalue weighted by atomic mass is 10.1. The summed E-state index contributed by atoms with van der Waals surface area (Å²) in [5, 5.41) is 14.4. The van der Waals surface area contributed by atoms with Gasteiger partial charge in [0.2, 0.25) is 0 Å². The highest BCUT2D eigenvalue weighted by Crippen LogP contribution is 2.24. The van der Waals surface area contributed by atoms with E-state index in [4.69, 9.17) is 4.42 Å². The number of aliphatic hydroxyl groups excluding tert-OH is 1. The van der Waals surface area contributed by atoms with Crippen molar-refractivity contribution in [3.8, 4) is 0 Å². The molecule has 0 amide bonds. The Balaban J connectivity index is 0.00000208. The quantitative estimate of drug-likeness (QED) is 0.433. The van der Waals surface area contributed by atoms with Gasteiger partial charge in [0.1, 0.15) is 11.3 Å². The minimum Gasteiger partial charge on any atom is -0.459 e. The van der Waals surface area contributed by atoms with Gasteiger partial charge in [-0.15, -0.1) is 24.0 Å². The number of aliphatic imine (C=N–C) groups is 1. The molecule has 2 atom stereocenters. The Morgan fingerprint density at radius 2 is 2.17 bits per heavy atom. The molecule has 1 aliphatic rings. The number of hydrogen-bond donors (Lipinski definition) is 2. The second-order valence-electron chi connectivity index (χ2n) is 6.29. The number of furan rings is 1. The molecule has 1 aromatic carbocycles. The fourth-order valence-electron chi connectivity index (χ4n) is 3.29. The molecule has 6 heteroatoms. The second-order valence-corrected chi connectivity index (χ2v) is 6.29. The highest BCUT2D eigenvalue weighted by molar-refractivity contribution is 14.0. The van der Waals surface area contributed by atoms with Gasteiger partial charge in [0, 0.05) is 31.9 Å². The van der Waals surface area contributed by atoms with E-state index in [1.54, 1.807) is 7.05 Å². The Kier molecular flexibility index (Phi) is 6.91.